The Morgan fingerprint density at radius 1 is 0.893 bits per heavy atom. The molecule has 2 N–H and O–H groups in total. The number of carbonyl (C=O) groups excluding carboxylic acids is 3. The van der Waals surface area contributed by atoms with Crippen LogP contribution in [0.2, 0.25) is 18.6 Å². The van der Waals surface area contributed by atoms with Gasteiger partial charge in [0.15, 0.2) is 5.60 Å². The molecule has 5 aromatic rings. The van der Waals surface area contributed by atoms with Crippen molar-refractivity contribution in [3.05, 3.63) is 150 Å². The Morgan fingerprint density at radius 2 is 1.55 bits per heavy atom. The molecule has 1 saturated heterocycles. The smallest absolute Gasteiger partial charge is 0.268 e. The lowest BCUT2D eigenvalue weighted by Crippen LogP contribution is -2.52. The summed E-state index contributed by atoms with van der Waals surface area (Å²) < 4.78 is 12.8. The number of nitrogens with one attached hydrogen (secondary N) is 1. The molecule has 0 bridgehead atoms. The number of hydrogen-bond donors (Lipinski definition) is 2. The Kier molecular flexibility index (Phi) is 9.90. The van der Waals surface area contributed by atoms with Gasteiger partial charge in [0.1, 0.15) is 5.75 Å². The fraction of sp³-hybridized carbons (Fsp3) is 0.283. The van der Waals surface area contributed by atoms with Gasteiger partial charge in [-0.1, -0.05) is 98.0 Å². The van der Waals surface area contributed by atoms with Gasteiger partial charge in [-0.15, -0.1) is 0 Å². The molecule has 3 aliphatic heterocycles. The fourth-order valence-corrected chi connectivity index (χ4v) is 13.5. The van der Waals surface area contributed by atoms with Crippen LogP contribution in [0.5, 0.6) is 5.75 Å². The molecular weight excluding hydrogens is 719 g/mol. The van der Waals surface area contributed by atoms with Crippen molar-refractivity contribution in [1.82, 2.24) is 4.90 Å². The highest BCUT2D eigenvalue weighted by molar-refractivity contribution is 6.91. The molecule has 5 aromatic carbocycles. The number of ether oxygens (including phenoxy) is 2. The van der Waals surface area contributed by atoms with Crippen molar-refractivity contribution in [3.63, 3.8) is 0 Å². The molecule has 8 rings (SSSR count). The molecule has 5 atom stereocenters. The highest BCUT2D eigenvalue weighted by Gasteiger charge is 2.67. The molecule has 56 heavy (non-hydrogen) atoms. The van der Waals surface area contributed by atoms with Crippen LogP contribution in [0.4, 0.5) is 17.1 Å². The Hall–Kier alpha value is -5.55. The molecular formula is C46H47N3O6Si. The van der Waals surface area contributed by atoms with E-state index >= 15 is 4.79 Å². The molecule has 1 fully saturated rings. The van der Waals surface area contributed by atoms with Crippen LogP contribution < -0.4 is 20.1 Å². The van der Waals surface area contributed by atoms with Crippen molar-refractivity contribution in [3.8, 4) is 5.75 Å². The number of fused-ring (bicyclic) bond motifs is 3. The fourth-order valence-electron chi connectivity index (χ4n) is 9.47. The van der Waals surface area contributed by atoms with Crippen molar-refractivity contribution in [2.24, 2.45) is 5.92 Å². The number of hydrogen-bond acceptors (Lipinski definition) is 6. The zero-order chi connectivity index (χ0) is 39.2. The van der Waals surface area contributed by atoms with E-state index in [1.54, 1.807) is 29.0 Å². The van der Waals surface area contributed by atoms with E-state index in [0.717, 1.165) is 22.1 Å². The first-order valence-corrected chi connectivity index (χ1v) is 22.3. The minimum atomic E-state index is -2.58. The summed E-state index contributed by atoms with van der Waals surface area (Å²) in [5, 5.41) is 14.7. The van der Waals surface area contributed by atoms with Crippen molar-refractivity contribution in [2.45, 2.75) is 62.7 Å². The topological polar surface area (TPSA) is 108 Å². The molecule has 3 amide bonds. The largest absolute Gasteiger partial charge is 0.497 e. The number of benzene rings is 5. The van der Waals surface area contributed by atoms with Crippen LogP contribution in [0.1, 0.15) is 40.4 Å². The number of anilines is 3. The number of amides is 3. The number of para-hydroxylation sites is 1. The van der Waals surface area contributed by atoms with E-state index < -0.39 is 19.8 Å². The Bertz CT molecular complexity index is 2270. The Balaban J connectivity index is 1.23. The van der Waals surface area contributed by atoms with Gasteiger partial charge in [-0.25, -0.2) is 0 Å². The molecule has 286 valence electrons. The summed E-state index contributed by atoms with van der Waals surface area (Å²) >= 11 is 0. The van der Waals surface area contributed by atoms with Gasteiger partial charge in [-0.05, 0) is 77.7 Å². The highest BCUT2D eigenvalue weighted by atomic mass is 28.3. The second kappa shape index (κ2) is 14.8. The van der Waals surface area contributed by atoms with Crippen LogP contribution in [0.15, 0.2) is 127 Å². The summed E-state index contributed by atoms with van der Waals surface area (Å²) in [4.78, 5) is 47.0. The summed E-state index contributed by atoms with van der Waals surface area (Å²) in [7, 11) is -0.933. The molecule has 3 aliphatic rings. The maximum atomic E-state index is 15.4. The van der Waals surface area contributed by atoms with Crippen LogP contribution in [-0.4, -0.2) is 61.7 Å². The van der Waals surface area contributed by atoms with E-state index in [9.17, 15) is 14.7 Å². The number of aliphatic hydroxyl groups is 1. The Morgan fingerprint density at radius 3 is 2.23 bits per heavy atom. The van der Waals surface area contributed by atoms with Gasteiger partial charge in [0.25, 0.3) is 11.8 Å². The van der Waals surface area contributed by atoms with Gasteiger partial charge in [0.05, 0.1) is 46.0 Å². The summed E-state index contributed by atoms with van der Waals surface area (Å²) in [6.45, 7) is 6.90. The van der Waals surface area contributed by atoms with Gasteiger partial charge in [0, 0.05) is 35.0 Å². The zero-order valence-corrected chi connectivity index (χ0v) is 33.1. The predicted molar refractivity (Wildman–Crippen MR) is 220 cm³/mol. The summed E-state index contributed by atoms with van der Waals surface area (Å²) in [6, 6.07) is 39.9. The normalized spacial score (nSPS) is 22.8. The lowest BCUT2D eigenvalue weighted by Gasteiger charge is -2.39. The maximum absolute atomic E-state index is 15.4. The quantitative estimate of drug-likeness (QED) is 0.154. The third-order valence-corrected chi connectivity index (χ3v) is 16.7. The van der Waals surface area contributed by atoms with Crippen LogP contribution in [-0.2, 0) is 32.9 Å². The first kappa shape index (κ1) is 37.4. The monoisotopic (exact) mass is 765 g/mol. The van der Waals surface area contributed by atoms with Crippen LogP contribution in [0, 0.1) is 5.92 Å². The van der Waals surface area contributed by atoms with E-state index in [2.05, 4.69) is 43.5 Å². The number of methoxy groups -OCH3 is 1. The van der Waals surface area contributed by atoms with Crippen molar-refractivity contribution in [1.29, 1.82) is 0 Å². The molecule has 0 aromatic heterocycles. The predicted octanol–water partition coefficient (Wildman–Crippen LogP) is 7.18. The molecule has 10 heteroatoms. The lowest BCUT2D eigenvalue weighted by molar-refractivity contribution is -0.150. The molecule has 0 aliphatic carbocycles. The first-order valence-electron chi connectivity index (χ1n) is 19.3. The van der Waals surface area contributed by atoms with E-state index in [-0.39, 0.29) is 48.3 Å². The third kappa shape index (κ3) is 6.31. The average molecular weight is 766 g/mol. The molecule has 9 nitrogen and oxygen atoms in total. The van der Waals surface area contributed by atoms with Crippen molar-refractivity contribution < 1.29 is 29.0 Å². The lowest BCUT2D eigenvalue weighted by atomic mass is 9.82. The minimum Gasteiger partial charge on any atom is -0.497 e. The standard InChI is InChI=1S/C46H47N3O6Si/c1-30-43(56(3,4)38-22-20-37(54-2)21-23-38)41(27-42(51)48-28-33-16-12-11-15-32(33)25-36(48)29-50)55-46(30)39-26-34(47-44(52)31-13-7-5-8-14-31)19-24-40(39)49(45(46)53)35-17-9-6-10-18-35/h5-24,26,30,36,41,43,50H,25,27-29H2,1-4H3,(H,47,52)/t30-,36+,41+,43-,46+/m1/s1. The first-order chi connectivity index (χ1) is 27.1. The molecule has 1 spiro atoms. The number of aliphatic hydroxyl groups excluding tert-OH is 1. The van der Waals surface area contributed by atoms with Crippen molar-refractivity contribution >= 4 is 48.0 Å². The molecule has 0 saturated carbocycles. The van der Waals surface area contributed by atoms with E-state index in [1.807, 2.05) is 97.1 Å². The molecule has 0 unspecified atom stereocenters. The maximum Gasteiger partial charge on any atom is 0.268 e. The third-order valence-electron chi connectivity index (χ3n) is 12.3. The van der Waals surface area contributed by atoms with Crippen LogP contribution >= 0.6 is 0 Å². The SMILES string of the molecule is COc1ccc([Si](C)(C)[C@H]2[C@H](CC(=O)N3Cc4ccccc4C[C@H]3CO)O[C@@]3(C(=O)N(c4ccccc4)c4ccc(NC(=O)c5ccccc5)cc43)[C@@H]2C)cc1. The van der Waals surface area contributed by atoms with E-state index in [0.29, 0.717) is 41.2 Å². The average Bonchev–Trinajstić information content (AvgIpc) is 3.66. The van der Waals surface area contributed by atoms with E-state index in [1.165, 1.54) is 0 Å². The van der Waals surface area contributed by atoms with Gasteiger partial charge in [0.2, 0.25) is 5.91 Å². The highest BCUT2D eigenvalue weighted by Crippen LogP contribution is 2.61. The summed E-state index contributed by atoms with van der Waals surface area (Å²) in [5.41, 5.74) is 3.63. The van der Waals surface area contributed by atoms with Crippen LogP contribution in [0.3, 0.4) is 0 Å². The van der Waals surface area contributed by atoms with Gasteiger partial charge < -0.3 is 24.8 Å². The number of carbonyl (C=O) groups is 3. The number of nitrogens with zero attached hydrogens (tertiary/aromatic N) is 2. The second-order valence-corrected chi connectivity index (χ2v) is 20.4. The van der Waals surface area contributed by atoms with Crippen LogP contribution in [0.25, 0.3) is 0 Å². The van der Waals surface area contributed by atoms with Gasteiger partial charge >= 0.3 is 0 Å². The van der Waals surface area contributed by atoms with Crippen molar-refractivity contribution in [2.75, 3.05) is 23.9 Å². The second-order valence-electron chi connectivity index (χ2n) is 15.7. The Labute approximate surface area is 328 Å². The zero-order valence-electron chi connectivity index (χ0n) is 32.1. The minimum absolute atomic E-state index is 0.0421. The summed E-state index contributed by atoms with van der Waals surface area (Å²) in [5.74, 6) is -0.231. The summed E-state index contributed by atoms with van der Waals surface area (Å²) in [6.07, 6.45) is -0.0249. The number of rotatable bonds is 9. The molecule has 0 radical (unpaired) electrons. The van der Waals surface area contributed by atoms with Gasteiger partial charge in [-0.3, -0.25) is 19.3 Å². The molecule has 3 heterocycles. The van der Waals surface area contributed by atoms with Gasteiger partial charge in [-0.2, -0.15) is 0 Å². The van der Waals surface area contributed by atoms with E-state index in [4.69, 9.17) is 9.47 Å².